The van der Waals surface area contributed by atoms with Crippen LogP contribution in [-0.4, -0.2) is 19.3 Å². The maximum atomic E-state index is 6.49. The molecule has 2 nitrogen and oxygen atoms in total. The van der Waals surface area contributed by atoms with Gasteiger partial charge in [-0.15, -0.1) is 11.6 Å². The molecule has 3 unspecified atom stereocenters. The Kier molecular flexibility index (Phi) is 4.30. The summed E-state index contributed by atoms with van der Waals surface area (Å²) < 4.78 is 11.0. The summed E-state index contributed by atoms with van der Waals surface area (Å²) in [4.78, 5) is 0. The Balaban J connectivity index is 2.01. The van der Waals surface area contributed by atoms with E-state index in [4.69, 9.17) is 21.1 Å². The summed E-state index contributed by atoms with van der Waals surface area (Å²) in [6, 6.07) is 8.05. The van der Waals surface area contributed by atoms with Crippen molar-refractivity contribution in [2.45, 2.75) is 31.7 Å². The van der Waals surface area contributed by atoms with Gasteiger partial charge in [0, 0.05) is 5.92 Å². The number of alkyl halides is 1. The van der Waals surface area contributed by atoms with Crippen LogP contribution in [0.15, 0.2) is 24.3 Å². The first kappa shape index (κ1) is 12.7. The van der Waals surface area contributed by atoms with Crippen LogP contribution in [0.1, 0.15) is 31.2 Å². The molecular formula is C14H19ClO2. The highest BCUT2D eigenvalue weighted by atomic mass is 35.5. The third-order valence-corrected chi connectivity index (χ3v) is 3.76. The molecule has 1 aromatic rings. The zero-order valence-corrected chi connectivity index (χ0v) is 11.1. The van der Waals surface area contributed by atoms with Gasteiger partial charge in [0.1, 0.15) is 5.75 Å². The molecule has 0 bridgehead atoms. The summed E-state index contributed by atoms with van der Waals surface area (Å²) in [5.41, 5.74) is 1.15. The molecule has 1 fully saturated rings. The van der Waals surface area contributed by atoms with Gasteiger partial charge in [-0.1, -0.05) is 12.1 Å². The van der Waals surface area contributed by atoms with Gasteiger partial charge in [-0.2, -0.15) is 0 Å². The van der Waals surface area contributed by atoms with Crippen molar-refractivity contribution >= 4 is 11.6 Å². The number of hydrogen-bond acceptors (Lipinski definition) is 2. The number of halogens is 1. The van der Waals surface area contributed by atoms with E-state index < -0.39 is 0 Å². The van der Waals surface area contributed by atoms with Crippen molar-refractivity contribution in [1.82, 2.24) is 0 Å². The van der Waals surface area contributed by atoms with Crippen LogP contribution in [0.2, 0.25) is 0 Å². The van der Waals surface area contributed by atoms with Crippen LogP contribution in [0.4, 0.5) is 0 Å². The first-order valence-electron chi connectivity index (χ1n) is 6.19. The van der Waals surface area contributed by atoms with Crippen molar-refractivity contribution in [3.05, 3.63) is 29.8 Å². The predicted octanol–water partition coefficient (Wildman–Crippen LogP) is 3.79. The lowest BCUT2D eigenvalue weighted by atomic mass is 9.96. The summed E-state index contributed by atoms with van der Waals surface area (Å²) in [6.07, 6.45) is 1.38. The minimum Gasteiger partial charge on any atom is -0.494 e. The van der Waals surface area contributed by atoms with Crippen LogP contribution in [0.5, 0.6) is 5.75 Å². The Bertz CT molecular complexity index is 350. The molecule has 0 spiro atoms. The van der Waals surface area contributed by atoms with Crippen LogP contribution < -0.4 is 4.74 Å². The second kappa shape index (κ2) is 5.74. The van der Waals surface area contributed by atoms with Crippen LogP contribution in [0.3, 0.4) is 0 Å². The van der Waals surface area contributed by atoms with Crippen molar-refractivity contribution in [1.29, 1.82) is 0 Å². The molecular weight excluding hydrogens is 236 g/mol. The second-order valence-corrected chi connectivity index (χ2v) is 5.01. The Morgan fingerprint density at radius 2 is 2.12 bits per heavy atom. The van der Waals surface area contributed by atoms with E-state index in [0.29, 0.717) is 18.6 Å². The molecule has 1 aromatic carbocycles. The normalized spacial score (nSPS) is 25.8. The standard InChI is InChI=1S/C14H19ClO2/c1-3-16-13-6-4-11(5-7-13)14(15)12-8-10(2)17-9-12/h4-7,10,12,14H,3,8-9H2,1-2H3. The molecule has 0 aliphatic carbocycles. The average molecular weight is 255 g/mol. The van der Waals surface area contributed by atoms with Crippen molar-refractivity contribution in [2.75, 3.05) is 13.2 Å². The molecule has 0 saturated carbocycles. The fourth-order valence-corrected chi connectivity index (χ4v) is 2.56. The highest BCUT2D eigenvalue weighted by Crippen LogP contribution is 2.36. The Morgan fingerprint density at radius 3 is 2.65 bits per heavy atom. The van der Waals surface area contributed by atoms with Crippen molar-refractivity contribution < 1.29 is 9.47 Å². The average Bonchev–Trinajstić information content (AvgIpc) is 2.76. The molecule has 3 atom stereocenters. The third-order valence-electron chi connectivity index (χ3n) is 3.15. The van der Waals surface area contributed by atoms with Crippen LogP contribution in [0.25, 0.3) is 0 Å². The van der Waals surface area contributed by atoms with Crippen molar-refractivity contribution in [2.24, 2.45) is 5.92 Å². The highest BCUT2D eigenvalue weighted by Gasteiger charge is 2.29. The third kappa shape index (κ3) is 3.14. The highest BCUT2D eigenvalue weighted by molar-refractivity contribution is 6.21. The van der Waals surface area contributed by atoms with E-state index in [-0.39, 0.29) is 5.38 Å². The molecule has 1 heterocycles. The van der Waals surface area contributed by atoms with Gasteiger partial charge in [0.05, 0.1) is 24.7 Å². The molecule has 0 aromatic heterocycles. The molecule has 0 amide bonds. The second-order valence-electron chi connectivity index (χ2n) is 4.54. The lowest BCUT2D eigenvalue weighted by molar-refractivity contribution is 0.120. The molecule has 1 aliphatic rings. The Morgan fingerprint density at radius 1 is 1.41 bits per heavy atom. The molecule has 2 rings (SSSR count). The van der Waals surface area contributed by atoms with Crippen LogP contribution >= 0.6 is 11.6 Å². The summed E-state index contributed by atoms with van der Waals surface area (Å²) in [7, 11) is 0. The summed E-state index contributed by atoms with van der Waals surface area (Å²) in [5.74, 6) is 1.32. The number of ether oxygens (including phenoxy) is 2. The minimum atomic E-state index is 0.0376. The molecule has 0 radical (unpaired) electrons. The van der Waals surface area contributed by atoms with Crippen LogP contribution in [-0.2, 0) is 4.74 Å². The van der Waals surface area contributed by atoms with Crippen molar-refractivity contribution in [3.63, 3.8) is 0 Å². The fraction of sp³-hybridized carbons (Fsp3) is 0.571. The van der Waals surface area contributed by atoms with Gasteiger partial charge in [0.25, 0.3) is 0 Å². The molecule has 94 valence electrons. The van der Waals surface area contributed by atoms with E-state index in [9.17, 15) is 0 Å². The first-order valence-corrected chi connectivity index (χ1v) is 6.62. The van der Waals surface area contributed by atoms with E-state index in [1.165, 1.54) is 0 Å². The summed E-state index contributed by atoms with van der Waals surface area (Å²) >= 11 is 6.49. The lowest BCUT2D eigenvalue weighted by Crippen LogP contribution is -2.08. The predicted molar refractivity (Wildman–Crippen MR) is 69.7 cm³/mol. The minimum absolute atomic E-state index is 0.0376. The number of rotatable bonds is 4. The van der Waals surface area contributed by atoms with Crippen LogP contribution in [0, 0.1) is 5.92 Å². The Labute approximate surface area is 108 Å². The molecule has 1 saturated heterocycles. The summed E-state index contributed by atoms with van der Waals surface area (Å²) in [5, 5.41) is 0.0376. The van der Waals surface area contributed by atoms with E-state index in [2.05, 4.69) is 6.92 Å². The molecule has 0 N–H and O–H groups in total. The first-order chi connectivity index (χ1) is 8.20. The maximum Gasteiger partial charge on any atom is 0.119 e. The van der Waals surface area contributed by atoms with E-state index in [1.54, 1.807) is 0 Å². The Hall–Kier alpha value is -0.730. The van der Waals surface area contributed by atoms with Gasteiger partial charge in [-0.25, -0.2) is 0 Å². The van der Waals surface area contributed by atoms with E-state index in [1.807, 2.05) is 31.2 Å². The quantitative estimate of drug-likeness (QED) is 0.761. The van der Waals surface area contributed by atoms with E-state index in [0.717, 1.165) is 24.3 Å². The number of benzene rings is 1. The summed E-state index contributed by atoms with van der Waals surface area (Å²) in [6.45, 7) is 5.54. The van der Waals surface area contributed by atoms with Gasteiger partial charge in [-0.05, 0) is 38.0 Å². The smallest absolute Gasteiger partial charge is 0.119 e. The zero-order chi connectivity index (χ0) is 12.3. The van der Waals surface area contributed by atoms with Gasteiger partial charge in [0.2, 0.25) is 0 Å². The SMILES string of the molecule is CCOc1ccc(C(Cl)C2COC(C)C2)cc1. The molecule has 3 heteroatoms. The monoisotopic (exact) mass is 254 g/mol. The maximum absolute atomic E-state index is 6.49. The largest absolute Gasteiger partial charge is 0.494 e. The van der Waals surface area contributed by atoms with Gasteiger partial charge in [0.15, 0.2) is 0 Å². The van der Waals surface area contributed by atoms with Gasteiger partial charge in [-0.3, -0.25) is 0 Å². The van der Waals surface area contributed by atoms with E-state index >= 15 is 0 Å². The molecule has 17 heavy (non-hydrogen) atoms. The van der Waals surface area contributed by atoms with Gasteiger partial charge < -0.3 is 9.47 Å². The lowest BCUT2D eigenvalue weighted by Gasteiger charge is -2.16. The number of hydrogen-bond donors (Lipinski definition) is 0. The zero-order valence-electron chi connectivity index (χ0n) is 10.4. The fourth-order valence-electron chi connectivity index (χ4n) is 2.24. The van der Waals surface area contributed by atoms with Gasteiger partial charge >= 0.3 is 0 Å². The van der Waals surface area contributed by atoms with Crippen molar-refractivity contribution in [3.8, 4) is 5.75 Å². The topological polar surface area (TPSA) is 18.5 Å². The molecule has 1 aliphatic heterocycles.